The minimum Gasteiger partial charge on any atom is -0.318 e. The summed E-state index contributed by atoms with van der Waals surface area (Å²) in [6.07, 6.45) is 9.46. The van der Waals surface area contributed by atoms with Crippen LogP contribution in [0.25, 0.3) is 5.69 Å². The quantitative estimate of drug-likeness (QED) is 0.440. The maximum absolute atomic E-state index is 6.43. The molecule has 5 heteroatoms. The zero-order chi connectivity index (χ0) is 19.2. The molecule has 3 aromatic heterocycles. The SMILES string of the molecule is Clc1ccccc1-n1cccc1CN(Cc1ccncc1)Cc1cccnc1. The third-order valence-corrected chi connectivity index (χ3v) is 4.93. The molecule has 0 radical (unpaired) electrons. The largest absolute Gasteiger partial charge is 0.318 e. The van der Waals surface area contributed by atoms with Gasteiger partial charge in [0.1, 0.15) is 0 Å². The van der Waals surface area contributed by atoms with Crippen LogP contribution in [0, 0.1) is 0 Å². The van der Waals surface area contributed by atoms with E-state index in [1.165, 1.54) is 16.8 Å². The first-order valence-corrected chi connectivity index (χ1v) is 9.59. The van der Waals surface area contributed by atoms with Gasteiger partial charge >= 0.3 is 0 Å². The van der Waals surface area contributed by atoms with Crippen LogP contribution < -0.4 is 0 Å². The van der Waals surface area contributed by atoms with Gasteiger partial charge < -0.3 is 4.57 Å². The first-order chi connectivity index (χ1) is 13.8. The monoisotopic (exact) mass is 388 g/mol. The van der Waals surface area contributed by atoms with Crippen LogP contribution in [0.3, 0.4) is 0 Å². The number of aromatic nitrogens is 3. The molecule has 0 fully saturated rings. The number of hydrogen-bond donors (Lipinski definition) is 0. The summed E-state index contributed by atoms with van der Waals surface area (Å²) in [7, 11) is 0. The molecule has 0 spiro atoms. The van der Waals surface area contributed by atoms with Gasteiger partial charge in [-0.15, -0.1) is 0 Å². The van der Waals surface area contributed by atoms with E-state index >= 15 is 0 Å². The number of benzene rings is 1. The molecule has 4 rings (SSSR count). The minimum atomic E-state index is 0.743. The predicted octanol–water partition coefficient (Wildman–Crippen LogP) is 5.12. The van der Waals surface area contributed by atoms with Gasteiger partial charge in [-0.05, 0) is 53.6 Å². The van der Waals surface area contributed by atoms with Crippen LogP contribution >= 0.6 is 11.6 Å². The van der Waals surface area contributed by atoms with Gasteiger partial charge in [0.15, 0.2) is 0 Å². The number of hydrogen-bond acceptors (Lipinski definition) is 3. The molecule has 0 atom stereocenters. The molecule has 0 amide bonds. The number of rotatable bonds is 7. The van der Waals surface area contributed by atoms with Crippen LogP contribution in [0.15, 0.2) is 91.6 Å². The van der Waals surface area contributed by atoms with E-state index in [1.807, 2.05) is 48.9 Å². The fraction of sp³-hybridized carbons (Fsp3) is 0.130. The van der Waals surface area contributed by atoms with Crippen LogP contribution in [-0.2, 0) is 19.6 Å². The molecular formula is C23H21ClN4. The first kappa shape index (κ1) is 18.4. The molecule has 3 heterocycles. The Labute approximate surface area is 170 Å². The van der Waals surface area contributed by atoms with Gasteiger partial charge in [0, 0.05) is 56.3 Å². The topological polar surface area (TPSA) is 34.0 Å². The van der Waals surface area contributed by atoms with Gasteiger partial charge in [0.25, 0.3) is 0 Å². The lowest BCUT2D eigenvalue weighted by atomic mass is 10.2. The molecule has 0 saturated heterocycles. The molecule has 0 aliphatic carbocycles. The summed E-state index contributed by atoms with van der Waals surface area (Å²) >= 11 is 6.43. The average Bonchev–Trinajstić information content (AvgIpc) is 3.18. The molecule has 0 unspecified atom stereocenters. The van der Waals surface area contributed by atoms with Gasteiger partial charge in [-0.25, -0.2) is 0 Å². The third kappa shape index (κ3) is 4.47. The van der Waals surface area contributed by atoms with E-state index < -0.39 is 0 Å². The highest BCUT2D eigenvalue weighted by Crippen LogP contribution is 2.23. The van der Waals surface area contributed by atoms with E-state index in [4.69, 9.17) is 11.6 Å². The zero-order valence-electron chi connectivity index (χ0n) is 15.4. The van der Waals surface area contributed by atoms with Crippen molar-refractivity contribution in [1.82, 2.24) is 19.4 Å². The maximum Gasteiger partial charge on any atom is 0.0646 e. The summed E-state index contributed by atoms with van der Waals surface area (Å²) in [5, 5.41) is 0.743. The van der Waals surface area contributed by atoms with Crippen LogP contribution in [0.1, 0.15) is 16.8 Å². The Bertz CT molecular complexity index is 973. The number of para-hydroxylation sites is 1. The molecule has 1 aromatic carbocycles. The molecule has 4 nitrogen and oxygen atoms in total. The van der Waals surface area contributed by atoms with E-state index in [9.17, 15) is 0 Å². The van der Waals surface area contributed by atoms with Crippen molar-refractivity contribution in [2.45, 2.75) is 19.6 Å². The number of nitrogens with zero attached hydrogens (tertiary/aromatic N) is 4. The van der Waals surface area contributed by atoms with Crippen molar-refractivity contribution < 1.29 is 0 Å². The van der Waals surface area contributed by atoms with Crippen LogP contribution in [-0.4, -0.2) is 19.4 Å². The Morgan fingerprint density at radius 3 is 2.36 bits per heavy atom. The lowest BCUT2D eigenvalue weighted by molar-refractivity contribution is 0.243. The van der Waals surface area contributed by atoms with Crippen LogP contribution in [0.4, 0.5) is 0 Å². The first-order valence-electron chi connectivity index (χ1n) is 9.21. The highest BCUT2D eigenvalue weighted by Gasteiger charge is 2.13. The molecule has 4 aromatic rings. The highest BCUT2D eigenvalue weighted by molar-refractivity contribution is 6.32. The van der Waals surface area contributed by atoms with Crippen LogP contribution in [0.5, 0.6) is 0 Å². The van der Waals surface area contributed by atoms with Crippen LogP contribution in [0.2, 0.25) is 5.02 Å². The Hall–Kier alpha value is -2.95. The molecule has 0 aliphatic heterocycles. The van der Waals surface area contributed by atoms with Gasteiger partial charge in [-0.3, -0.25) is 14.9 Å². The molecule has 0 N–H and O–H groups in total. The molecule has 140 valence electrons. The summed E-state index contributed by atoms with van der Waals surface area (Å²) in [6.45, 7) is 2.42. The minimum absolute atomic E-state index is 0.743. The average molecular weight is 389 g/mol. The van der Waals surface area contributed by atoms with E-state index in [-0.39, 0.29) is 0 Å². The van der Waals surface area contributed by atoms with E-state index in [0.29, 0.717) is 0 Å². The van der Waals surface area contributed by atoms with Crippen molar-refractivity contribution >= 4 is 11.6 Å². The summed E-state index contributed by atoms with van der Waals surface area (Å²) < 4.78 is 2.16. The molecule has 0 bridgehead atoms. The standard InChI is InChI=1S/C23H21ClN4/c24-22-7-1-2-8-23(22)28-14-4-6-21(28)18-27(16-19-9-12-25-13-10-19)17-20-5-3-11-26-15-20/h1-15H,16-18H2. The van der Waals surface area contributed by atoms with E-state index in [2.05, 4.69) is 56.0 Å². The normalized spacial score (nSPS) is 11.1. The van der Waals surface area contributed by atoms with Gasteiger partial charge in [0.05, 0.1) is 10.7 Å². The summed E-state index contributed by atoms with van der Waals surface area (Å²) in [5.41, 5.74) is 4.60. The van der Waals surface area contributed by atoms with Gasteiger partial charge in [-0.1, -0.05) is 29.8 Å². The maximum atomic E-state index is 6.43. The van der Waals surface area contributed by atoms with Crippen molar-refractivity contribution in [2.75, 3.05) is 0 Å². The second-order valence-corrected chi connectivity index (χ2v) is 7.09. The summed E-state index contributed by atoms with van der Waals surface area (Å²) in [5.74, 6) is 0. The van der Waals surface area contributed by atoms with Crippen molar-refractivity contribution in [2.24, 2.45) is 0 Å². The van der Waals surface area contributed by atoms with Crippen molar-refractivity contribution in [3.63, 3.8) is 0 Å². The van der Waals surface area contributed by atoms with Crippen molar-refractivity contribution in [3.05, 3.63) is 113 Å². The Morgan fingerprint density at radius 2 is 1.57 bits per heavy atom. The highest BCUT2D eigenvalue weighted by atomic mass is 35.5. The predicted molar refractivity (Wildman–Crippen MR) is 112 cm³/mol. The zero-order valence-corrected chi connectivity index (χ0v) is 16.2. The summed E-state index contributed by atoms with van der Waals surface area (Å²) in [6, 6.07) is 20.3. The fourth-order valence-electron chi connectivity index (χ4n) is 3.32. The Kier molecular flexibility index (Phi) is 5.80. The second-order valence-electron chi connectivity index (χ2n) is 6.68. The third-order valence-electron chi connectivity index (χ3n) is 4.62. The lowest BCUT2D eigenvalue weighted by Gasteiger charge is -2.23. The van der Waals surface area contributed by atoms with Gasteiger partial charge in [-0.2, -0.15) is 0 Å². The van der Waals surface area contributed by atoms with Crippen molar-refractivity contribution in [3.8, 4) is 5.69 Å². The molecule has 0 saturated carbocycles. The Balaban J connectivity index is 1.61. The number of halogens is 1. The lowest BCUT2D eigenvalue weighted by Crippen LogP contribution is -2.23. The van der Waals surface area contributed by atoms with E-state index in [0.717, 1.165) is 30.3 Å². The molecular weight excluding hydrogens is 368 g/mol. The fourth-order valence-corrected chi connectivity index (χ4v) is 3.55. The molecule has 0 aliphatic rings. The van der Waals surface area contributed by atoms with Crippen molar-refractivity contribution in [1.29, 1.82) is 0 Å². The number of pyridine rings is 2. The summed E-state index contributed by atoms with van der Waals surface area (Å²) in [4.78, 5) is 10.8. The second kappa shape index (κ2) is 8.83. The van der Waals surface area contributed by atoms with E-state index in [1.54, 1.807) is 6.20 Å². The Morgan fingerprint density at radius 1 is 0.750 bits per heavy atom. The van der Waals surface area contributed by atoms with Gasteiger partial charge in [0.2, 0.25) is 0 Å². The smallest absolute Gasteiger partial charge is 0.0646 e. The molecule has 28 heavy (non-hydrogen) atoms.